The van der Waals surface area contributed by atoms with Gasteiger partial charge in [0.1, 0.15) is 5.82 Å². The number of H-pyrrole nitrogens is 1. The number of methoxy groups -OCH3 is 1. The maximum atomic E-state index is 11.2. The predicted molar refractivity (Wildman–Crippen MR) is 74.3 cm³/mol. The molecular weight excluding hydrogens is 242 g/mol. The van der Waals surface area contributed by atoms with Crippen LogP contribution in [0.2, 0.25) is 0 Å². The summed E-state index contributed by atoms with van der Waals surface area (Å²) in [4.78, 5) is 18.8. The largest absolute Gasteiger partial charge is 0.453 e. The van der Waals surface area contributed by atoms with E-state index in [1.807, 2.05) is 19.1 Å². The summed E-state index contributed by atoms with van der Waals surface area (Å²) in [6.07, 6.45) is -0.411. The van der Waals surface area contributed by atoms with E-state index in [0.29, 0.717) is 6.54 Å². The molecule has 0 atom stereocenters. The molecule has 0 spiro atoms. The summed E-state index contributed by atoms with van der Waals surface area (Å²) in [7, 11) is 1.36. The topological polar surface area (TPSA) is 67.0 Å². The van der Waals surface area contributed by atoms with Crippen LogP contribution < -0.4 is 5.32 Å². The Balaban J connectivity index is 2.23. The molecular formula is C14H19N3O2. The Labute approximate surface area is 112 Å². The van der Waals surface area contributed by atoms with Crippen LogP contribution in [0.25, 0.3) is 11.0 Å². The molecule has 0 radical (unpaired) electrons. The molecule has 0 bridgehead atoms. The van der Waals surface area contributed by atoms with Gasteiger partial charge in [-0.3, -0.25) is 0 Å². The van der Waals surface area contributed by atoms with Crippen molar-refractivity contribution in [2.75, 3.05) is 13.7 Å². The maximum Gasteiger partial charge on any atom is 0.406 e. The molecule has 1 amide bonds. The summed E-state index contributed by atoms with van der Waals surface area (Å²) < 4.78 is 4.59. The van der Waals surface area contributed by atoms with Crippen LogP contribution in [0.4, 0.5) is 4.79 Å². The van der Waals surface area contributed by atoms with Gasteiger partial charge in [-0.05, 0) is 24.6 Å². The van der Waals surface area contributed by atoms with Crippen molar-refractivity contribution in [3.05, 3.63) is 29.6 Å². The van der Waals surface area contributed by atoms with Crippen molar-refractivity contribution in [3.63, 3.8) is 0 Å². The van der Waals surface area contributed by atoms with Crippen molar-refractivity contribution >= 4 is 17.1 Å². The first-order valence-corrected chi connectivity index (χ1v) is 6.21. The Morgan fingerprint density at radius 3 is 2.89 bits per heavy atom. The second-order valence-electron chi connectivity index (χ2n) is 5.28. The second kappa shape index (κ2) is 4.91. The summed E-state index contributed by atoms with van der Waals surface area (Å²) in [5, 5.41) is 2.74. The van der Waals surface area contributed by atoms with Gasteiger partial charge in [-0.2, -0.15) is 0 Å². The van der Waals surface area contributed by atoms with Crippen molar-refractivity contribution in [2.24, 2.45) is 0 Å². The summed E-state index contributed by atoms with van der Waals surface area (Å²) in [6.45, 7) is 6.60. The average molecular weight is 261 g/mol. The normalized spacial score (nSPS) is 11.6. The zero-order valence-electron chi connectivity index (χ0n) is 11.7. The van der Waals surface area contributed by atoms with Gasteiger partial charge in [0.15, 0.2) is 0 Å². The number of hydrogen-bond acceptors (Lipinski definition) is 3. The van der Waals surface area contributed by atoms with Gasteiger partial charge in [0.2, 0.25) is 0 Å². The number of amides is 1. The number of imidazole rings is 1. The Morgan fingerprint density at radius 2 is 2.21 bits per heavy atom. The molecule has 0 aliphatic heterocycles. The first-order chi connectivity index (χ1) is 8.92. The predicted octanol–water partition coefficient (Wildman–Crippen LogP) is 2.50. The van der Waals surface area contributed by atoms with E-state index in [4.69, 9.17) is 0 Å². The average Bonchev–Trinajstić information content (AvgIpc) is 2.74. The zero-order chi connectivity index (χ0) is 14.0. The molecule has 2 N–H and O–H groups in total. The Morgan fingerprint density at radius 1 is 1.47 bits per heavy atom. The molecule has 0 fully saturated rings. The number of carbonyl (C=O) groups excluding carboxylic acids is 1. The lowest BCUT2D eigenvalue weighted by Gasteiger charge is -2.25. The molecule has 2 rings (SSSR count). The Kier molecular flexibility index (Phi) is 3.46. The van der Waals surface area contributed by atoms with E-state index in [-0.39, 0.29) is 5.41 Å². The number of aromatic amines is 1. The summed E-state index contributed by atoms with van der Waals surface area (Å²) >= 11 is 0. The van der Waals surface area contributed by atoms with Crippen molar-refractivity contribution in [2.45, 2.75) is 26.2 Å². The quantitative estimate of drug-likeness (QED) is 0.892. The van der Waals surface area contributed by atoms with E-state index < -0.39 is 6.09 Å². The summed E-state index contributed by atoms with van der Waals surface area (Å²) in [6, 6.07) is 6.12. The van der Waals surface area contributed by atoms with Crippen LogP contribution in [-0.4, -0.2) is 29.7 Å². The third-order valence-corrected chi connectivity index (χ3v) is 3.24. The van der Waals surface area contributed by atoms with Crippen LogP contribution in [-0.2, 0) is 10.2 Å². The minimum atomic E-state index is -0.411. The number of alkyl carbamates (subject to hydrolysis) is 1. The first-order valence-electron chi connectivity index (χ1n) is 6.21. The Hall–Kier alpha value is -2.04. The van der Waals surface area contributed by atoms with Crippen molar-refractivity contribution < 1.29 is 9.53 Å². The highest BCUT2D eigenvalue weighted by molar-refractivity contribution is 5.76. The number of carbonyl (C=O) groups is 1. The molecule has 0 saturated heterocycles. The number of fused-ring (bicyclic) bond motifs is 1. The van der Waals surface area contributed by atoms with E-state index in [1.54, 1.807) is 0 Å². The highest BCUT2D eigenvalue weighted by atomic mass is 16.5. The molecule has 0 aliphatic rings. The number of nitrogens with zero attached hydrogens (tertiary/aromatic N) is 1. The second-order valence-corrected chi connectivity index (χ2v) is 5.28. The Bertz CT molecular complexity index is 602. The molecule has 0 saturated carbocycles. The van der Waals surface area contributed by atoms with Gasteiger partial charge in [-0.25, -0.2) is 9.78 Å². The van der Waals surface area contributed by atoms with Crippen LogP contribution in [0.1, 0.15) is 25.2 Å². The number of hydrogen-bond donors (Lipinski definition) is 2. The van der Waals surface area contributed by atoms with Gasteiger partial charge in [0.25, 0.3) is 0 Å². The van der Waals surface area contributed by atoms with Crippen molar-refractivity contribution in [1.29, 1.82) is 0 Å². The smallest absolute Gasteiger partial charge is 0.406 e. The third-order valence-electron chi connectivity index (χ3n) is 3.24. The zero-order valence-corrected chi connectivity index (χ0v) is 11.7. The van der Waals surface area contributed by atoms with Crippen LogP contribution >= 0.6 is 0 Å². The fraction of sp³-hybridized carbons (Fsp3) is 0.429. The number of aryl methyl sites for hydroxylation is 1. The van der Waals surface area contributed by atoms with Crippen LogP contribution in [0.3, 0.4) is 0 Å². The number of ether oxygens (including phenoxy) is 1. The van der Waals surface area contributed by atoms with Gasteiger partial charge in [-0.1, -0.05) is 19.9 Å². The number of aromatic nitrogens is 2. The molecule has 1 aromatic carbocycles. The fourth-order valence-corrected chi connectivity index (χ4v) is 2.03. The molecule has 2 aromatic rings. The van der Waals surface area contributed by atoms with Crippen molar-refractivity contribution in [3.8, 4) is 0 Å². The number of nitrogens with one attached hydrogen (secondary N) is 2. The lowest BCUT2D eigenvalue weighted by Crippen LogP contribution is -2.36. The molecule has 1 aromatic heterocycles. The van der Waals surface area contributed by atoms with E-state index in [9.17, 15) is 4.79 Å². The molecule has 0 unspecified atom stereocenters. The van der Waals surface area contributed by atoms with E-state index in [0.717, 1.165) is 22.4 Å². The lowest BCUT2D eigenvalue weighted by atomic mass is 9.84. The van der Waals surface area contributed by atoms with E-state index in [1.165, 1.54) is 7.11 Å². The molecule has 102 valence electrons. The molecule has 5 heteroatoms. The van der Waals surface area contributed by atoms with Crippen LogP contribution in [0, 0.1) is 6.92 Å². The van der Waals surface area contributed by atoms with Gasteiger partial charge < -0.3 is 15.0 Å². The fourth-order valence-electron chi connectivity index (χ4n) is 2.03. The SMILES string of the molecule is COC(=O)NCC(C)(C)c1ccc2nc(C)[nH]c2c1. The lowest BCUT2D eigenvalue weighted by molar-refractivity contribution is 0.168. The number of benzene rings is 1. The highest BCUT2D eigenvalue weighted by Crippen LogP contribution is 2.25. The minimum absolute atomic E-state index is 0.179. The minimum Gasteiger partial charge on any atom is -0.453 e. The van der Waals surface area contributed by atoms with Gasteiger partial charge in [-0.15, -0.1) is 0 Å². The first kappa shape index (κ1) is 13.4. The standard InChI is InChI=1S/C14H19N3O2/c1-9-16-11-6-5-10(7-12(11)17-9)14(2,3)8-15-13(18)19-4/h5-7H,8H2,1-4H3,(H,15,18)(H,16,17). The molecule has 0 aliphatic carbocycles. The summed E-state index contributed by atoms with van der Waals surface area (Å²) in [5.74, 6) is 0.901. The van der Waals surface area contributed by atoms with Crippen LogP contribution in [0.5, 0.6) is 0 Å². The third kappa shape index (κ3) is 2.86. The van der Waals surface area contributed by atoms with Gasteiger partial charge >= 0.3 is 6.09 Å². The molecule has 1 heterocycles. The van der Waals surface area contributed by atoms with E-state index in [2.05, 4.69) is 39.9 Å². The van der Waals surface area contributed by atoms with Crippen LogP contribution in [0.15, 0.2) is 18.2 Å². The highest BCUT2D eigenvalue weighted by Gasteiger charge is 2.22. The van der Waals surface area contributed by atoms with Crippen molar-refractivity contribution in [1.82, 2.24) is 15.3 Å². The van der Waals surface area contributed by atoms with Gasteiger partial charge in [0.05, 0.1) is 18.1 Å². The monoisotopic (exact) mass is 261 g/mol. The maximum absolute atomic E-state index is 11.2. The summed E-state index contributed by atoms with van der Waals surface area (Å²) in [5.41, 5.74) is 2.93. The van der Waals surface area contributed by atoms with E-state index >= 15 is 0 Å². The number of rotatable bonds is 3. The molecule has 19 heavy (non-hydrogen) atoms. The molecule has 5 nitrogen and oxygen atoms in total. The van der Waals surface area contributed by atoms with Gasteiger partial charge in [0, 0.05) is 12.0 Å².